The van der Waals surface area contributed by atoms with Gasteiger partial charge in [0, 0.05) is 18.1 Å². The van der Waals surface area contributed by atoms with Crippen molar-refractivity contribution in [3.8, 4) is 0 Å². The van der Waals surface area contributed by atoms with E-state index >= 15 is 0 Å². The smallest absolute Gasteiger partial charge is 0.261 e. The first-order valence-corrected chi connectivity index (χ1v) is 6.47. The van der Waals surface area contributed by atoms with Gasteiger partial charge in [0.05, 0.1) is 16.9 Å². The monoisotopic (exact) mass is 310 g/mol. The van der Waals surface area contributed by atoms with Gasteiger partial charge >= 0.3 is 0 Å². The molecule has 2 aromatic carbocycles. The number of rotatable bonds is 2. The fourth-order valence-electron chi connectivity index (χ4n) is 1.92. The predicted molar refractivity (Wildman–Crippen MR) is 79.7 cm³/mol. The summed E-state index contributed by atoms with van der Waals surface area (Å²) >= 11 is 5.87. The molecule has 2 N–H and O–H groups in total. The van der Waals surface area contributed by atoms with E-state index in [2.05, 4.69) is 0 Å². The van der Waals surface area contributed by atoms with Gasteiger partial charge in [0.2, 0.25) is 0 Å². The van der Waals surface area contributed by atoms with Gasteiger partial charge in [0.25, 0.3) is 5.91 Å². The number of hydrogen-bond acceptors (Lipinski definition) is 2. The van der Waals surface area contributed by atoms with Crippen LogP contribution < -0.4 is 10.6 Å². The van der Waals surface area contributed by atoms with E-state index in [0.29, 0.717) is 22.5 Å². The highest BCUT2D eigenvalue weighted by Gasteiger charge is 2.20. The molecule has 0 aliphatic heterocycles. The van der Waals surface area contributed by atoms with Crippen molar-refractivity contribution in [2.24, 2.45) is 0 Å². The molecule has 0 saturated carbocycles. The van der Waals surface area contributed by atoms with Gasteiger partial charge in [-0.1, -0.05) is 11.6 Å². The number of aryl methyl sites for hydroxylation is 1. The van der Waals surface area contributed by atoms with Crippen LogP contribution in [0.1, 0.15) is 15.9 Å². The lowest BCUT2D eigenvalue weighted by molar-refractivity contribution is 0.0989. The van der Waals surface area contributed by atoms with E-state index in [9.17, 15) is 13.6 Å². The van der Waals surface area contributed by atoms with E-state index in [1.54, 1.807) is 12.1 Å². The van der Waals surface area contributed by atoms with Gasteiger partial charge in [-0.3, -0.25) is 4.79 Å². The van der Waals surface area contributed by atoms with Gasteiger partial charge in [-0.05, 0) is 36.8 Å². The van der Waals surface area contributed by atoms with Crippen LogP contribution in [0, 0.1) is 18.6 Å². The average molecular weight is 311 g/mol. The van der Waals surface area contributed by atoms with Crippen molar-refractivity contribution in [2.75, 3.05) is 17.7 Å². The third kappa shape index (κ3) is 2.97. The molecular formula is C15H13ClF2N2O. The molecule has 6 heteroatoms. The van der Waals surface area contributed by atoms with Gasteiger partial charge in [0.1, 0.15) is 11.6 Å². The van der Waals surface area contributed by atoms with Gasteiger partial charge < -0.3 is 10.6 Å². The molecule has 1 amide bonds. The van der Waals surface area contributed by atoms with Crippen LogP contribution in [0.4, 0.5) is 20.2 Å². The first-order chi connectivity index (χ1) is 9.81. The lowest BCUT2D eigenvalue weighted by Gasteiger charge is -2.20. The molecule has 0 fully saturated rings. The van der Waals surface area contributed by atoms with E-state index in [-0.39, 0.29) is 11.1 Å². The third-order valence-corrected chi connectivity index (χ3v) is 3.37. The first-order valence-electron chi connectivity index (χ1n) is 6.10. The van der Waals surface area contributed by atoms with Crippen LogP contribution in [0.3, 0.4) is 0 Å². The zero-order valence-electron chi connectivity index (χ0n) is 11.5. The second kappa shape index (κ2) is 5.69. The van der Waals surface area contributed by atoms with Crippen molar-refractivity contribution in [3.63, 3.8) is 0 Å². The Hall–Kier alpha value is -2.14. The number of nitrogen functional groups attached to an aromatic ring is 1. The Morgan fingerprint density at radius 2 is 1.86 bits per heavy atom. The van der Waals surface area contributed by atoms with Crippen molar-refractivity contribution >= 4 is 28.9 Å². The molecule has 0 heterocycles. The molecule has 0 bridgehead atoms. The number of nitrogens with two attached hydrogens (primary N) is 1. The highest BCUT2D eigenvalue weighted by molar-refractivity contribution is 6.31. The number of carbonyl (C=O) groups is 1. The Labute approximate surface area is 125 Å². The van der Waals surface area contributed by atoms with Gasteiger partial charge in [-0.15, -0.1) is 0 Å². The second-order valence-electron chi connectivity index (χ2n) is 4.65. The Morgan fingerprint density at radius 3 is 2.52 bits per heavy atom. The molecule has 0 saturated heterocycles. The van der Waals surface area contributed by atoms with Crippen molar-refractivity contribution < 1.29 is 13.6 Å². The molecule has 2 aromatic rings. The number of benzene rings is 2. The standard InChI is InChI=1S/C15H13ClF2N2O/c1-8-5-10(12(18)7-11(8)17)15(21)20(2)14-6-9(16)3-4-13(14)19/h3-7H,19H2,1-2H3. The first kappa shape index (κ1) is 15.3. The average Bonchev–Trinajstić information content (AvgIpc) is 2.44. The van der Waals surface area contributed by atoms with E-state index in [0.717, 1.165) is 0 Å². The highest BCUT2D eigenvalue weighted by atomic mass is 35.5. The van der Waals surface area contributed by atoms with Crippen LogP contribution in [0.25, 0.3) is 0 Å². The minimum atomic E-state index is -0.921. The molecule has 0 aromatic heterocycles. The molecule has 0 atom stereocenters. The molecule has 0 spiro atoms. The SMILES string of the molecule is Cc1cc(C(=O)N(C)c2cc(Cl)ccc2N)c(F)cc1F. The molecule has 0 radical (unpaired) electrons. The quantitative estimate of drug-likeness (QED) is 0.858. The van der Waals surface area contributed by atoms with Gasteiger partial charge in [0.15, 0.2) is 0 Å². The van der Waals surface area contributed by atoms with Crippen LogP contribution in [-0.2, 0) is 0 Å². The van der Waals surface area contributed by atoms with Crippen molar-refractivity contribution in [2.45, 2.75) is 6.92 Å². The summed E-state index contributed by atoms with van der Waals surface area (Å²) in [5.41, 5.74) is 6.44. The van der Waals surface area contributed by atoms with Crippen molar-refractivity contribution in [1.82, 2.24) is 0 Å². The third-order valence-electron chi connectivity index (χ3n) is 3.14. The summed E-state index contributed by atoms with van der Waals surface area (Å²) in [5.74, 6) is -2.26. The van der Waals surface area contributed by atoms with Gasteiger partial charge in [-0.25, -0.2) is 8.78 Å². The molecule has 0 aliphatic rings. The number of nitrogens with zero attached hydrogens (tertiary/aromatic N) is 1. The molecule has 2 rings (SSSR count). The van der Waals surface area contributed by atoms with E-state index in [1.165, 1.54) is 31.0 Å². The van der Waals surface area contributed by atoms with Crippen LogP contribution in [0.15, 0.2) is 30.3 Å². The number of carbonyl (C=O) groups excluding carboxylic acids is 1. The zero-order valence-corrected chi connectivity index (χ0v) is 12.2. The summed E-state index contributed by atoms with van der Waals surface area (Å²) in [6.07, 6.45) is 0. The normalized spacial score (nSPS) is 10.5. The minimum absolute atomic E-state index is 0.187. The molecule has 110 valence electrons. The maximum Gasteiger partial charge on any atom is 0.261 e. The lowest BCUT2D eigenvalue weighted by Crippen LogP contribution is -2.28. The van der Waals surface area contributed by atoms with Gasteiger partial charge in [-0.2, -0.15) is 0 Å². The summed E-state index contributed by atoms with van der Waals surface area (Å²) in [6.45, 7) is 1.46. The van der Waals surface area contributed by atoms with E-state index < -0.39 is 17.5 Å². The Bertz CT molecular complexity index is 719. The number of anilines is 2. The highest BCUT2D eigenvalue weighted by Crippen LogP contribution is 2.28. The molecule has 21 heavy (non-hydrogen) atoms. The predicted octanol–water partition coefficient (Wildman–Crippen LogP) is 3.79. The summed E-state index contributed by atoms with van der Waals surface area (Å²) in [7, 11) is 1.45. The molecule has 3 nitrogen and oxygen atoms in total. The number of amides is 1. The number of hydrogen-bond donors (Lipinski definition) is 1. The lowest BCUT2D eigenvalue weighted by atomic mass is 10.1. The van der Waals surface area contributed by atoms with Crippen LogP contribution in [0.2, 0.25) is 5.02 Å². The topological polar surface area (TPSA) is 46.3 Å². The molecule has 0 aliphatic carbocycles. The molecular weight excluding hydrogens is 298 g/mol. The second-order valence-corrected chi connectivity index (χ2v) is 5.08. The summed E-state index contributed by atoms with van der Waals surface area (Å²) in [4.78, 5) is 13.5. The van der Waals surface area contributed by atoms with E-state index in [4.69, 9.17) is 17.3 Å². The van der Waals surface area contributed by atoms with Crippen LogP contribution in [-0.4, -0.2) is 13.0 Å². The van der Waals surface area contributed by atoms with Crippen molar-refractivity contribution in [3.05, 3.63) is 58.1 Å². The Kier molecular flexibility index (Phi) is 4.14. The van der Waals surface area contributed by atoms with Crippen LogP contribution in [0.5, 0.6) is 0 Å². The zero-order chi connectivity index (χ0) is 15.7. The summed E-state index contributed by atoms with van der Waals surface area (Å²) in [6, 6.07) is 6.50. The maximum absolute atomic E-state index is 13.8. The van der Waals surface area contributed by atoms with Crippen molar-refractivity contribution in [1.29, 1.82) is 0 Å². The molecule has 0 unspecified atom stereocenters. The summed E-state index contributed by atoms with van der Waals surface area (Å²) in [5, 5.41) is 0.398. The summed E-state index contributed by atoms with van der Waals surface area (Å²) < 4.78 is 27.1. The van der Waals surface area contributed by atoms with Crippen LogP contribution >= 0.6 is 11.6 Å². The largest absolute Gasteiger partial charge is 0.397 e. The Morgan fingerprint density at radius 1 is 1.19 bits per heavy atom. The fourth-order valence-corrected chi connectivity index (χ4v) is 2.08. The fraction of sp³-hybridized carbons (Fsp3) is 0.133. The number of halogens is 3. The maximum atomic E-state index is 13.8. The van der Waals surface area contributed by atoms with E-state index in [1.807, 2.05) is 0 Å². The Balaban J connectivity index is 2.44. The minimum Gasteiger partial charge on any atom is -0.397 e.